The van der Waals surface area contributed by atoms with Gasteiger partial charge in [0.05, 0.1) is 22.4 Å². The molecule has 0 saturated carbocycles. The van der Waals surface area contributed by atoms with E-state index < -0.39 is 38.5 Å². The minimum atomic E-state index is -3.85. The molecule has 12 heteroatoms. The lowest BCUT2D eigenvalue weighted by molar-refractivity contribution is -0.119. The summed E-state index contributed by atoms with van der Waals surface area (Å²) in [4.78, 5) is 23.9. The first-order valence-corrected chi connectivity index (χ1v) is 11.1. The van der Waals surface area contributed by atoms with Crippen LogP contribution < -0.4 is 15.2 Å². The fraction of sp³-hybridized carbons (Fsp3) is 0.125. The summed E-state index contributed by atoms with van der Waals surface area (Å²) in [6, 6.07) is 10.8. The molecule has 2 aromatic rings. The van der Waals surface area contributed by atoms with Gasteiger partial charge in [0, 0.05) is 5.69 Å². The van der Waals surface area contributed by atoms with Crippen LogP contribution in [0.2, 0.25) is 0 Å². The fourth-order valence-corrected chi connectivity index (χ4v) is 3.18. The molecule has 0 aliphatic heterocycles. The number of anilines is 2. The third-order valence-electron chi connectivity index (χ3n) is 3.24. The molecule has 1 amide bonds. The molecule has 4 N–H and O–H groups in total. The van der Waals surface area contributed by atoms with E-state index in [0.29, 0.717) is 0 Å². The summed E-state index contributed by atoms with van der Waals surface area (Å²) in [5.41, 5.74) is 0.236. The Morgan fingerprint density at radius 1 is 1.00 bits per heavy atom. The molecule has 0 aliphatic carbocycles. The number of sulfonamides is 2. The highest BCUT2D eigenvalue weighted by molar-refractivity contribution is 7.92. The first-order chi connectivity index (χ1) is 13.0. The van der Waals surface area contributed by atoms with E-state index in [2.05, 4.69) is 10.0 Å². The van der Waals surface area contributed by atoms with Gasteiger partial charge in [0.1, 0.15) is 0 Å². The SMILES string of the molecule is CS(=O)(=O)Nc1ccccc1C(=O)OCC(=O)Nc1ccc(S(N)(=O)=O)cc1. The van der Waals surface area contributed by atoms with Gasteiger partial charge >= 0.3 is 5.97 Å². The van der Waals surface area contributed by atoms with Gasteiger partial charge in [-0.3, -0.25) is 9.52 Å². The number of para-hydroxylation sites is 1. The molecule has 0 bridgehead atoms. The largest absolute Gasteiger partial charge is 0.452 e. The van der Waals surface area contributed by atoms with Crippen molar-refractivity contribution in [3.63, 3.8) is 0 Å². The van der Waals surface area contributed by atoms with Crippen molar-refractivity contribution >= 4 is 43.3 Å². The number of ether oxygens (including phenoxy) is 1. The summed E-state index contributed by atoms with van der Waals surface area (Å²) in [7, 11) is -7.46. The highest BCUT2D eigenvalue weighted by Crippen LogP contribution is 2.17. The van der Waals surface area contributed by atoms with Crippen LogP contribution in [0.4, 0.5) is 11.4 Å². The number of benzene rings is 2. The second-order valence-electron chi connectivity index (χ2n) is 5.61. The predicted octanol–water partition coefficient (Wildman–Crippen LogP) is 0.501. The van der Waals surface area contributed by atoms with Crippen LogP contribution in [-0.4, -0.2) is 41.6 Å². The number of nitrogens with one attached hydrogen (secondary N) is 2. The summed E-state index contributed by atoms with van der Waals surface area (Å²) in [5.74, 6) is -1.57. The molecule has 0 heterocycles. The second-order valence-corrected chi connectivity index (χ2v) is 8.92. The van der Waals surface area contributed by atoms with Crippen LogP contribution in [0, 0.1) is 0 Å². The standard InChI is InChI=1S/C16H17N3O7S2/c1-27(22,23)19-14-5-3-2-4-13(14)16(21)26-10-15(20)18-11-6-8-12(9-7-11)28(17,24)25/h2-9,19H,10H2,1H3,(H,18,20)(H2,17,24,25). The average Bonchev–Trinajstić information content (AvgIpc) is 2.58. The Balaban J connectivity index is 1.99. The Kier molecular flexibility index (Phi) is 6.38. The van der Waals surface area contributed by atoms with E-state index >= 15 is 0 Å². The number of esters is 1. The molecule has 0 aliphatic rings. The third-order valence-corrected chi connectivity index (χ3v) is 4.76. The van der Waals surface area contributed by atoms with Gasteiger partial charge in [0.2, 0.25) is 20.0 Å². The quantitative estimate of drug-likeness (QED) is 0.542. The van der Waals surface area contributed by atoms with Gasteiger partial charge in [-0.25, -0.2) is 26.8 Å². The van der Waals surface area contributed by atoms with E-state index in [0.717, 1.165) is 6.26 Å². The maximum absolute atomic E-state index is 12.1. The van der Waals surface area contributed by atoms with Crippen LogP contribution in [0.1, 0.15) is 10.4 Å². The topological polar surface area (TPSA) is 162 Å². The zero-order valence-electron chi connectivity index (χ0n) is 14.6. The normalized spacial score (nSPS) is 11.5. The lowest BCUT2D eigenvalue weighted by atomic mass is 10.2. The van der Waals surface area contributed by atoms with Crippen molar-refractivity contribution in [3.05, 3.63) is 54.1 Å². The van der Waals surface area contributed by atoms with Gasteiger partial charge in [-0.1, -0.05) is 12.1 Å². The Bertz CT molecular complexity index is 1100. The molecule has 0 spiro atoms. The first kappa shape index (κ1) is 21.3. The van der Waals surface area contributed by atoms with E-state index in [-0.39, 0.29) is 21.8 Å². The number of hydrogen-bond acceptors (Lipinski definition) is 7. The highest BCUT2D eigenvalue weighted by atomic mass is 32.2. The lowest BCUT2D eigenvalue weighted by Crippen LogP contribution is -2.22. The summed E-state index contributed by atoms with van der Waals surface area (Å²) in [6.07, 6.45) is 0.934. The number of amides is 1. The van der Waals surface area contributed by atoms with Gasteiger partial charge in [-0.05, 0) is 36.4 Å². The second kappa shape index (κ2) is 8.37. The monoisotopic (exact) mass is 427 g/mol. The minimum absolute atomic E-state index is 0.0222. The van der Waals surface area contributed by atoms with E-state index in [9.17, 15) is 26.4 Å². The Morgan fingerprint density at radius 3 is 2.18 bits per heavy atom. The van der Waals surface area contributed by atoms with Crippen molar-refractivity contribution in [2.45, 2.75) is 4.90 Å². The molecule has 2 rings (SSSR count). The van der Waals surface area contributed by atoms with Crippen LogP contribution in [0.3, 0.4) is 0 Å². The summed E-state index contributed by atoms with van der Waals surface area (Å²) < 4.78 is 52.2. The third kappa shape index (κ3) is 6.33. The number of carbonyl (C=O) groups is 2. The van der Waals surface area contributed by atoms with Crippen LogP contribution in [0.15, 0.2) is 53.4 Å². The molecule has 10 nitrogen and oxygen atoms in total. The van der Waals surface area contributed by atoms with E-state index in [1.54, 1.807) is 0 Å². The van der Waals surface area contributed by atoms with Crippen LogP contribution >= 0.6 is 0 Å². The summed E-state index contributed by atoms with van der Waals surface area (Å²) >= 11 is 0. The molecule has 150 valence electrons. The van der Waals surface area contributed by atoms with Crippen molar-refractivity contribution in [3.8, 4) is 0 Å². The van der Waals surface area contributed by atoms with Crippen molar-refractivity contribution in [1.29, 1.82) is 0 Å². The molecular formula is C16H17N3O7S2. The molecule has 0 saturated heterocycles. The van der Waals surface area contributed by atoms with E-state index in [4.69, 9.17) is 9.88 Å². The first-order valence-electron chi connectivity index (χ1n) is 7.62. The molecule has 0 atom stereocenters. The van der Waals surface area contributed by atoms with Gasteiger partial charge in [-0.15, -0.1) is 0 Å². The zero-order chi connectivity index (χ0) is 20.9. The van der Waals surface area contributed by atoms with Crippen molar-refractivity contribution < 1.29 is 31.2 Å². The van der Waals surface area contributed by atoms with Gasteiger partial charge in [0.15, 0.2) is 6.61 Å². The van der Waals surface area contributed by atoms with Crippen LogP contribution in [0.5, 0.6) is 0 Å². The zero-order valence-corrected chi connectivity index (χ0v) is 16.2. The number of nitrogens with two attached hydrogens (primary N) is 1. The lowest BCUT2D eigenvalue weighted by Gasteiger charge is -2.11. The Labute approximate surface area is 161 Å². The fourth-order valence-electron chi connectivity index (χ4n) is 2.08. The highest BCUT2D eigenvalue weighted by Gasteiger charge is 2.16. The number of carbonyl (C=O) groups excluding carboxylic acids is 2. The number of rotatable bonds is 7. The van der Waals surface area contributed by atoms with Crippen molar-refractivity contribution in [2.24, 2.45) is 5.14 Å². The van der Waals surface area contributed by atoms with Gasteiger partial charge in [0.25, 0.3) is 5.91 Å². The smallest absolute Gasteiger partial charge is 0.340 e. The van der Waals surface area contributed by atoms with E-state index in [1.165, 1.54) is 48.5 Å². The molecule has 0 fully saturated rings. The average molecular weight is 427 g/mol. The molecule has 0 unspecified atom stereocenters. The Hall–Kier alpha value is -2.96. The molecule has 2 aromatic carbocycles. The van der Waals surface area contributed by atoms with Crippen molar-refractivity contribution in [2.75, 3.05) is 22.9 Å². The molecule has 0 aromatic heterocycles. The Morgan fingerprint density at radius 2 is 1.61 bits per heavy atom. The summed E-state index contributed by atoms with van der Waals surface area (Å²) in [6.45, 7) is -0.636. The maximum Gasteiger partial charge on any atom is 0.340 e. The van der Waals surface area contributed by atoms with Crippen LogP contribution in [-0.2, 0) is 29.6 Å². The van der Waals surface area contributed by atoms with Crippen molar-refractivity contribution in [1.82, 2.24) is 0 Å². The van der Waals surface area contributed by atoms with Gasteiger partial charge in [-0.2, -0.15) is 0 Å². The summed E-state index contributed by atoms with van der Waals surface area (Å²) in [5, 5.41) is 7.40. The minimum Gasteiger partial charge on any atom is -0.452 e. The van der Waals surface area contributed by atoms with E-state index in [1.807, 2.05) is 0 Å². The molecule has 0 radical (unpaired) electrons. The van der Waals surface area contributed by atoms with Gasteiger partial charge < -0.3 is 10.1 Å². The number of hydrogen-bond donors (Lipinski definition) is 3. The maximum atomic E-state index is 12.1. The molecule has 28 heavy (non-hydrogen) atoms. The predicted molar refractivity (Wildman–Crippen MR) is 102 cm³/mol. The van der Waals surface area contributed by atoms with Crippen LogP contribution in [0.25, 0.3) is 0 Å². The molecular weight excluding hydrogens is 410 g/mol. The number of primary sulfonamides is 1.